The summed E-state index contributed by atoms with van der Waals surface area (Å²) in [5.74, 6) is 0.959. The number of aromatic nitrogens is 3. The molecule has 6 heteroatoms. The van der Waals surface area contributed by atoms with Gasteiger partial charge in [0.15, 0.2) is 11.5 Å². The van der Waals surface area contributed by atoms with Crippen LogP contribution in [0.15, 0.2) is 23.2 Å². The second kappa shape index (κ2) is 4.45. The van der Waals surface area contributed by atoms with Crippen molar-refractivity contribution in [2.75, 3.05) is 31.6 Å². The Kier molecular flexibility index (Phi) is 3.02. The van der Waals surface area contributed by atoms with Gasteiger partial charge in [0, 0.05) is 43.8 Å². The third-order valence-corrected chi connectivity index (χ3v) is 4.33. The number of anilines is 1. The average Bonchev–Trinajstić information content (AvgIpc) is 2.79. The minimum atomic E-state index is 0.145. The van der Waals surface area contributed by atoms with Crippen molar-refractivity contribution in [1.82, 2.24) is 19.3 Å². The van der Waals surface area contributed by atoms with E-state index in [9.17, 15) is 0 Å². The van der Waals surface area contributed by atoms with Gasteiger partial charge in [-0.25, -0.2) is 9.97 Å². The maximum absolute atomic E-state index is 4.63. The van der Waals surface area contributed by atoms with Crippen LogP contribution in [-0.4, -0.2) is 51.5 Å². The fourth-order valence-electron chi connectivity index (χ4n) is 2.52. The SMILES string of the molecule is CN1CCN(c2nc(Br)cn3ccnc23)CC1(C)C. The first-order valence-corrected chi connectivity index (χ1v) is 7.22. The maximum Gasteiger partial charge on any atom is 0.180 e. The Balaban J connectivity index is 2.02. The molecule has 0 amide bonds. The van der Waals surface area contributed by atoms with E-state index in [0.29, 0.717) is 0 Å². The lowest BCUT2D eigenvalue weighted by atomic mass is 10.00. The van der Waals surface area contributed by atoms with Crippen LogP contribution in [0, 0.1) is 0 Å². The number of piperazine rings is 1. The molecule has 1 aliphatic heterocycles. The number of likely N-dealkylation sites (N-methyl/N-ethyl adjacent to an activating group) is 1. The first-order valence-electron chi connectivity index (χ1n) is 6.43. The summed E-state index contributed by atoms with van der Waals surface area (Å²) < 4.78 is 2.85. The Bertz CT molecular complexity index is 606. The first kappa shape index (κ1) is 12.9. The Morgan fingerprint density at radius 1 is 1.32 bits per heavy atom. The minimum absolute atomic E-state index is 0.145. The van der Waals surface area contributed by atoms with E-state index < -0.39 is 0 Å². The van der Waals surface area contributed by atoms with Crippen molar-refractivity contribution in [1.29, 1.82) is 0 Å². The van der Waals surface area contributed by atoms with E-state index >= 15 is 0 Å². The van der Waals surface area contributed by atoms with E-state index in [1.54, 1.807) is 0 Å². The van der Waals surface area contributed by atoms with Crippen LogP contribution < -0.4 is 4.90 Å². The van der Waals surface area contributed by atoms with Crippen LogP contribution in [0.1, 0.15) is 13.8 Å². The van der Waals surface area contributed by atoms with E-state index in [2.05, 4.69) is 56.6 Å². The molecule has 0 aromatic carbocycles. The average molecular weight is 324 g/mol. The Morgan fingerprint density at radius 2 is 2.11 bits per heavy atom. The van der Waals surface area contributed by atoms with Crippen molar-refractivity contribution in [3.63, 3.8) is 0 Å². The van der Waals surface area contributed by atoms with E-state index in [4.69, 9.17) is 0 Å². The van der Waals surface area contributed by atoms with E-state index in [1.807, 2.05) is 23.0 Å². The number of imidazole rings is 1. The van der Waals surface area contributed by atoms with Gasteiger partial charge in [0.1, 0.15) is 4.60 Å². The molecule has 2 aromatic heterocycles. The normalized spacial score (nSPS) is 20.1. The van der Waals surface area contributed by atoms with Crippen LogP contribution in [-0.2, 0) is 0 Å². The van der Waals surface area contributed by atoms with Gasteiger partial charge in [-0.1, -0.05) is 0 Å². The molecule has 0 saturated carbocycles. The summed E-state index contributed by atoms with van der Waals surface area (Å²) in [6.45, 7) is 7.50. The molecule has 3 heterocycles. The van der Waals surface area contributed by atoms with Crippen molar-refractivity contribution in [2.24, 2.45) is 0 Å². The second-order valence-corrected chi connectivity index (χ2v) is 6.51. The predicted octanol–water partition coefficient (Wildman–Crippen LogP) is 2.02. The molecule has 5 nitrogen and oxygen atoms in total. The summed E-state index contributed by atoms with van der Waals surface area (Å²) in [6, 6.07) is 0. The number of fused-ring (bicyclic) bond motifs is 1. The van der Waals surface area contributed by atoms with Crippen LogP contribution in [0.25, 0.3) is 5.65 Å². The Labute approximate surface area is 121 Å². The molecule has 0 aliphatic carbocycles. The van der Waals surface area contributed by atoms with Gasteiger partial charge < -0.3 is 9.30 Å². The van der Waals surface area contributed by atoms with E-state index in [1.165, 1.54) is 0 Å². The highest BCUT2D eigenvalue weighted by molar-refractivity contribution is 9.10. The number of rotatable bonds is 1. The molecule has 0 radical (unpaired) electrons. The Hall–Kier alpha value is -1.14. The number of hydrogen-bond donors (Lipinski definition) is 0. The molecule has 3 rings (SSSR count). The fraction of sp³-hybridized carbons (Fsp3) is 0.538. The number of hydrogen-bond acceptors (Lipinski definition) is 4. The summed E-state index contributed by atoms with van der Waals surface area (Å²) in [4.78, 5) is 13.8. The predicted molar refractivity (Wildman–Crippen MR) is 79.6 cm³/mol. The smallest absolute Gasteiger partial charge is 0.180 e. The lowest BCUT2D eigenvalue weighted by Crippen LogP contribution is -2.58. The highest BCUT2D eigenvalue weighted by Gasteiger charge is 2.32. The van der Waals surface area contributed by atoms with Crippen molar-refractivity contribution in [3.05, 3.63) is 23.2 Å². The molecule has 0 spiro atoms. The lowest BCUT2D eigenvalue weighted by molar-refractivity contribution is 0.138. The molecule has 1 fully saturated rings. The zero-order valence-corrected chi connectivity index (χ0v) is 13.1. The van der Waals surface area contributed by atoms with E-state index in [-0.39, 0.29) is 5.54 Å². The third kappa shape index (κ3) is 2.23. The van der Waals surface area contributed by atoms with Gasteiger partial charge in [0.2, 0.25) is 0 Å². The number of nitrogens with zero attached hydrogens (tertiary/aromatic N) is 5. The van der Waals surface area contributed by atoms with Crippen molar-refractivity contribution >= 4 is 27.4 Å². The topological polar surface area (TPSA) is 36.7 Å². The monoisotopic (exact) mass is 323 g/mol. The van der Waals surface area contributed by atoms with Gasteiger partial charge in [-0.3, -0.25) is 4.90 Å². The molecule has 1 saturated heterocycles. The van der Waals surface area contributed by atoms with Gasteiger partial charge in [0.05, 0.1) is 0 Å². The van der Waals surface area contributed by atoms with Gasteiger partial charge >= 0.3 is 0 Å². The van der Waals surface area contributed by atoms with Crippen LogP contribution >= 0.6 is 15.9 Å². The molecule has 2 aromatic rings. The highest BCUT2D eigenvalue weighted by atomic mass is 79.9. The van der Waals surface area contributed by atoms with Gasteiger partial charge in [0.25, 0.3) is 0 Å². The summed E-state index contributed by atoms with van der Waals surface area (Å²) in [5, 5.41) is 0. The van der Waals surface area contributed by atoms with Gasteiger partial charge in [-0.05, 0) is 36.8 Å². The molecule has 0 N–H and O–H groups in total. The van der Waals surface area contributed by atoms with E-state index in [0.717, 1.165) is 35.7 Å². The molecule has 19 heavy (non-hydrogen) atoms. The van der Waals surface area contributed by atoms with Crippen molar-refractivity contribution in [3.8, 4) is 0 Å². The summed E-state index contributed by atoms with van der Waals surface area (Å²) in [7, 11) is 2.18. The molecule has 0 unspecified atom stereocenters. The Morgan fingerprint density at radius 3 is 2.84 bits per heavy atom. The van der Waals surface area contributed by atoms with Gasteiger partial charge in [-0.15, -0.1) is 0 Å². The van der Waals surface area contributed by atoms with Crippen LogP contribution in [0.5, 0.6) is 0 Å². The molecular formula is C13H18BrN5. The summed E-state index contributed by atoms with van der Waals surface area (Å²) >= 11 is 3.48. The largest absolute Gasteiger partial charge is 0.350 e. The summed E-state index contributed by atoms with van der Waals surface area (Å²) in [5.41, 5.74) is 1.06. The molecule has 0 atom stereocenters. The minimum Gasteiger partial charge on any atom is -0.350 e. The van der Waals surface area contributed by atoms with Crippen molar-refractivity contribution in [2.45, 2.75) is 19.4 Å². The quantitative estimate of drug-likeness (QED) is 0.804. The highest BCUT2D eigenvalue weighted by Crippen LogP contribution is 2.26. The standard InChI is InChI=1S/C13H18BrN5/c1-13(2)9-19(7-6-17(13)3)12-11-15-4-5-18(11)8-10(14)16-12/h4-5,8H,6-7,9H2,1-3H3. The summed E-state index contributed by atoms with van der Waals surface area (Å²) in [6.07, 6.45) is 5.70. The third-order valence-electron chi connectivity index (χ3n) is 3.94. The fourth-order valence-corrected chi connectivity index (χ4v) is 2.91. The number of halogens is 1. The molecule has 1 aliphatic rings. The molecule has 0 bridgehead atoms. The first-order chi connectivity index (χ1) is 8.97. The molecule has 102 valence electrons. The van der Waals surface area contributed by atoms with Crippen LogP contribution in [0.2, 0.25) is 0 Å². The zero-order chi connectivity index (χ0) is 13.6. The van der Waals surface area contributed by atoms with Crippen LogP contribution in [0.4, 0.5) is 5.82 Å². The van der Waals surface area contributed by atoms with Crippen molar-refractivity contribution < 1.29 is 0 Å². The zero-order valence-electron chi connectivity index (χ0n) is 11.5. The maximum atomic E-state index is 4.63. The molecular weight excluding hydrogens is 306 g/mol. The second-order valence-electron chi connectivity index (χ2n) is 5.70. The van der Waals surface area contributed by atoms with Gasteiger partial charge in [-0.2, -0.15) is 0 Å². The lowest BCUT2D eigenvalue weighted by Gasteiger charge is -2.45. The van der Waals surface area contributed by atoms with Crippen LogP contribution in [0.3, 0.4) is 0 Å².